The summed E-state index contributed by atoms with van der Waals surface area (Å²) in [6, 6.07) is 0. The molecule has 0 amide bonds. The fourth-order valence-electron chi connectivity index (χ4n) is 7.47. The number of aliphatic hydroxyl groups is 1. The van der Waals surface area contributed by atoms with Crippen LogP contribution >= 0.6 is 0 Å². The van der Waals surface area contributed by atoms with Crippen molar-refractivity contribution < 1.29 is 24.2 Å². The van der Waals surface area contributed by atoms with E-state index in [0.717, 1.165) is 89.9 Å². The van der Waals surface area contributed by atoms with Gasteiger partial charge in [0.05, 0.1) is 12.7 Å². The predicted molar refractivity (Wildman–Crippen MR) is 251 cm³/mol. The molecule has 58 heavy (non-hydrogen) atoms. The van der Waals surface area contributed by atoms with Crippen LogP contribution in [-0.4, -0.2) is 35.9 Å². The van der Waals surface area contributed by atoms with Crippen molar-refractivity contribution in [1.82, 2.24) is 0 Å². The van der Waals surface area contributed by atoms with Crippen molar-refractivity contribution in [1.29, 1.82) is 0 Å². The van der Waals surface area contributed by atoms with Gasteiger partial charge in [-0.3, -0.25) is 9.59 Å². The van der Waals surface area contributed by atoms with Gasteiger partial charge >= 0.3 is 11.9 Å². The summed E-state index contributed by atoms with van der Waals surface area (Å²) in [5, 5.41) is 11.0. The maximum Gasteiger partial charge on any atom is 0.306 e. The lowest BCUT2D eigenvalue weighted by Gasteiger charge is -2.22. The molecular weight excluding hydrogens is 717 g/mol. The number of rotatable bonds is 46. The van der Waals surface area contributed by atoms with Gasteiger partial charge in [-0.15, -0.1) is 0 Å². The van der Waals surface area contributed by atoms with Gasteiger partial charge in [-0.1, -0.05) is 205 Å². The van der Waals surface area contributed by atoms with Gasteiger partial charge in [0.2, 0.25) is 0 Å². The second kappa shape index (κ2) is 47.8. The van der Waals surface area contributed by atoms with E-state index in [9.17, 15) is 14.7 Å². The molecule has 5 nitrogen and oxygen atoms in total. The Balaban J connectivity index is 3.95. The Kier molecular flexibility index (Phi) is 46.2. The molecule has 1 N–H and O–H groups in total. The summed E-state index contributed by atoms with van der Waals surface area (Å²) < 4.78 is 11.3. The highest BCUT2D eigenvalue weighted by Crippen LogP contribution is 2.18. The third-order valence-electron chi connectivity index (χ3n) is 11.4. The summed E-state index contributed by atoms with van der Waals surface area (Å²) in [5.41, 5.74) is 0. The summed E-state index contributed by atoms with van der Waals surface area (Å²) in [7, 11) is 0. The zero-order chi connectivity index (χ0) is 42.3. The van der Waals surface area contributed by atoms with Crippen LogP contribution in [0.1, 0.15) is 271 Å². The lowest BCUT2D eigenvalue weighted by atomic mass is 10.0. The van der Waals surface area contributed by atoms with Gasteiger partial charge in [0.1, 0.15) is 6.10 Å². The molecule has 0 radical (unpaired) electrons. The van der Waals surface area contributed by atoms with E-state index in [4.69, 9.17) is 9.47 Å². The van der Waals surface area contributed by atoms with Crippen LogP contribution in [0.2, 0.25) is 0 Å². The van der Waals surface area contributed by atoms with Crippen molar-refractivity contribution in [2.75, 3.05) is 6.61 Å². The Morgan fingerprint density at radius 3 is 1.26 bits per heavy atom. The van der Waals surface area contributed by atoms with Gasteiger partial charge in [-0.05, 0) is 83.5 Å². The van der Waals surface area contributed by atoms with Gasteiger partial charge in [0, 0.05) is 19.3 Å². The zero-order valence-corrected chi connectivity index (χ0v) is 39.0. The van der Waals surface area contributed by atoms with Crippen molar-refractivity contribution in [3.05, 3.63) is 36.5 Å². The van der Waals surface area contributed by atoms with Gasteiger partial charge in [-0.25, -0.2) is 0 Å². The molecule has 0 aromatic rings. The Morgan fingerprint density at radius 2 is 0.776 bits per heavy atom. The minimum absolute atomic E-state index is 0.0680. The van der Waals surface area contributed by atoms with E-state index in [1.54, 1.807) is 0 Å². The molecule has 0 aliphatic rings. The van der Waals surface area contributed by atoms with Crippen molar-refractivity contribution in [3.63, 3.8) is 0 Å². The van der Waals surface area contributed by atoms with Crippen LogP contribution in [0.5, 0.6) is 0 Å². The second-order valence-electron chi connectivity index (χ2n) is 17.2. The van der Waals surface area contributed by atoms with Crippen LogP contribution in [0, 0.1) is 0 Å². The van der Waals surface area contributed by atoms with Gasteiger partial charge < -0.3 is 14.6 Å². The second-order valence-corrected chi connectivity index (χ2v) is 17.2. The molecule has 0 spiro atoms. The van der Waals surface area contributed by atoms with Gasteiger partial charge in [0.25, 0.3) is 0 Å². The third-order valence-corrected chi connectivity index (χ3v) is 11.4. The van der Waals surface area contributed by atoms with Gasteiger partial charge in [-0.2, -0.15) is 0 Å². The minimum atomic E-state index is -0.648. The minimum Gasteiger partial charge on any atom is -0.466 e. The highest BCUT2D eigenvalue weighted by Gasteiger charge is 2.22. The molecule has 340 valence electrons. The van der Waals surface area contributed by atoms with Crippen molar-refractivity contribution >= 4 is 11.9 Å². The molecule has 0 saturated heterocycles. The number of ether oxygens (including phenoxy) is 2. The molecule has 2 atom stereocenters. The quantitative estimate of drug-likeness (QED) is 0.0376. The first-order valence-electron chi connectivity index (χ1n) is 25.5. The van der Waals surface area contributed by atoms with Crippen LogP contribution < -0.4 is 0 Å². The summed E-state index contributed by atoms with van der Waals surface area (Å²) in [6.07, 6.45) is 56.7. The highest BCUT2D eigenvalue weighted by atomic mass is 16.6. The number of allylic oxidation sites excluding steroid dienone is 5. The number of carbonyl (C=O) groups is 2. The molecule has 0 heterocycles. The summed E-state index contributed by atoms with van der Waals surface area (Å²) in [5.74, 6) is -0.246. The Bertz CT molecular complexity index is 939. The molecule has 0 aliphatic heterocycles. The number of aliphatic hydroxyl groups excluding tert-OH is 1. The number of esters is 2. The summed E-state index contributed by atoms with van der Waals surface area (Å²) in [4.78, 5) is 24.9. The van der Waals surface area contributed by atoms with E-state index in [2.05, 4.69) is 57.2 Å². The molecule has 0 aromatic carbocycles. The Labute approximate surface area is 361 Å². The van der Waals surface area contributed by atoms with E-state index in [-0.39, 0.29) is 11.9 Å². The monoisotopic (exact) mass is 815 g/mol. The third kappa shape index (κ3) is 43.7. The fraction of sp³-hybridized carbons (Fsp3) is 0.849. The normalized spacial score (nSPS) is 13.0. The van der Waals surface area contributed by atoms with Crippen LogP contribution in [0.3, 0.4) is 0 Å². The smallest absolute Gasteiger partial charge is 0.306 e. The lowest BCUT2D eigenvalue weighted by Crippen LogP contribution is -2.31. The standard InChI is InChI=1S/C53H98O5/c1-4-7-10-13-15-17-19-21-23-25-27-29-31-33-39-44-49-57-52(55)47-42-38-34-36-40-45-50(54)51(46-41-35-12-9-6-3)58-53(56)48-43-37-32-30-28-26-24-22-20-18-16-14-11-8-5-2/h21-24,35,41,50-51,54H,4-20,25-34,36-40,42-49H2,1-3H3/b23-21-,24-22-,41-35-. The van der Waals surface area contributed by atoms with Crippen molar-refractivity contribution in [3.8, 4) is 0 Å². The molecular formula is C53H98O5. The first kappa shape index (κ1) is 56.1. The molecule has 5 heteroatoms. The maximum absolute atomic E-state index is 12.7. The topological polar surface area (TPSA) is 72.8 Å². The zero-order valence-electron chi connectivity index (χ0n) is 39.0. The van der Waals surface area contributed by atoms with E-state index >= 15 is 0 Å². The van der Waals surface area contributed by atoms with E-state index in [1.165, 1.54) is 135 Å². The Morgan fingerprint density at radius 1 is 0.414 bits per heavy atom. The number of hydrogen-bond acceptors (Lipinski definition) is 5. The van der Waals surface area contributed by atoms with E-state index in [0.29, 0.717) is 32.3 Å². The molecule has 0 saturated carbocycles. The molecule has 0 aliphatic carbocycles. The molecule has 0 rings (SSSR count). The van der Waals surface area contributed by atoms with Crippen molar-refractivity contribution in [2.45, 2.75) is 283 Å². The van der Waals surface area contributed by atoms with Crippen LogP contribution in [0.25, 0.3) is 0 Å². The molecule has 0 bridgehead atoms. The number of unbranched alkanes of at least 4 members (excludes halogenated alkanes) is 29. The van der Waals surface area contributed by atoms with E-state index < -0.39 is 12.2 Å². The average Bonchev–Trinajstić information content (AvgIpc) is 3.22. The molecule has 2 unspecified atom stereocenters. The first-order valence-corrected chi connectivity index (χ1v) is 25.5. The molecule has 0 aromatic heterocycles. The van der Waals surface area contributed by atoms with Gasteiger partial charge in [0.15, 0.2) is 0 Å². The predicted octanol–water partition coefficient (Wildman–Crippen LogP) is 16.7. The number of hydrogen-bond donors (Lipinski definition) is 1. The largest absolute Gasteiger partial charge is 0.466 e. The van der Waals surface area contributed by atoms with E-state index in [1.807, 2.05) is 0 Å². The highest BCUT2D eigenvalue weighted by molar-refractivity contribution is 5.69. The lowest BCUT2D eigenvalue weighted by molar-refractivity contribution is -0.155. The summed E-state index contributed by atoms with van der Waals surface area (Å²) >= 11 is 0. The Hall–Kier alpha value is -1.88. The molecule has 0 fully saturated rings. The van der Waals surface area contributed by atoms with Crippen LogP contribution in [-0.2, 0) is 19.1 Å². The SMILES string of the molecule is CCCC/C=C\CC(OC(=O)CCCCCCC/C=C\CCCCCCCC)C(O)CCCCCCCC(=O)OCCCCCCCC/C=C\CCCCCCCC. The fourth-order valence-corrected chi connectivity index (χ4v) is 7.47. The van der Waals surface area contributed by atoms with Crippen molar-refractivity contribution in [2.24, 2.45) is 0 Å². The summed E-state index contributed by atoms with van der Waals surface area (Å²) in [6.45, 7) is 7.28. The maximum atomic E-state index is 12.7. The number of carbonyl (C=O) groups excluding carboxylic acids is 2. The van der Waals surface area contributed by atoms with Crippen LogP contribution in [0.15, 0.2) is 36.5 Å². The van der Waals surface area contributed by atoms with Crippen LogP contribution in [0.4, 0.5) is 0 Å². The first-order chi connectivity index (χ1) is 28.5. The average molecular weight is 815 g/mol.